The van der Waals surface area contributed by atoms with Crippen LogP contribution < -0.4 is 4.72 Å². The Morgan fingerprint density at radius 1 is 1.40 bits per heavy atom. The zero-order valence-corrected chi connectivity index (χ0v) is 12.7. The number of rotatable bonds is 6. The number of sulfonamides is 1. The second kappa shape index (κ2) is 5.80. The van der Waals surface area contributed by atoms with Crippen molar-refractivity contribution in [3.8, 4) is 11.3 Å². The van der Waals surface area contributed by atoms with Crippen LogP contribution in [0.5, 0.6) is 0 Å². The van der Waals surface area contributed by atoms with E-state index < -0.39 is 10.0 Å². The molecule has 2 rings (SSSR count). The molecule has 0 fully saturated rings. The van der Waals surface area contributed by atoms with Crippen LogP contribution in [0.3, 0.4) is 0 Å². The summed E-state index contributed by atoms with van der Waals surface area (Å²) in [7, 11) is -3.16. The predicted molar refractivity (Wildman–Crippen MR) is 76.9 cm³/mol. The van der Waals surface area contributed by atoms with E-state index in [1.807, 2.05) is 26.0 Å². The molecule has 2 heterocycles. The highest BCUT2D eigenvalue weighted by molar-refractivity contribution is 7.89. The first-order valence-electron chi connectivity index (χ1n) is 6.50. The van der Waals surface area contributed by atoms with Crippen LogP contribution in [-0.4, -0.2) is 30.5 Å². The minimum atomic E-state index is -3.16. The van der Waals surface area contributed by atoms with Crippen molar-refractivity contribution >= 4 is 10.0 Å². The highest BCUT2D eigenvalue weighted by Gasteiger charge is 2.15. The van der Waals surface area contributed by atoms with Gasteiger partial charge < -0.3 is 4.42 Å². The molecule has 0 aliphatic heterocycles. The molecule has 7 heteroatoms. The number of nitrogens with one attached hydrogen (secondary N) is 1. The maximum atomic E-state index is 11.4. The molecule has 0 aliphatic rings. The van der Waals surface area contributed by atoms with Gasteiger partial charge in [0.05, 0.1) is 29.8 Å². The van der Waals surface area contributed by atoms with Gasteiger partial charge in [-0.15, -0.1) is 0 Å². The van der Waals surface area contributed by atoms with Crippen LogP contribution in [0.15, 0.2) is 22.8 Å². The minimum Gasteiger partial charge on any atom is -0.464 e. The summed E-state index contributed by atoms with van der Waals surface area (Å²) in [6, 6.07) is 3.72. The van der Waals surface area contributed by atoms with Gasteiger partial charge in [-0.2, -0.15) is 5.10 Å². The third-order valence-electron chi connectivity index (χ3n) is 3.17. The van der Waals surface area contributed by atoms with E-state index in [0.29, 0.717) is 13.1 Å². The number of hydrogen-bond acceptors (Lipinski definition) is 4. The first-order chi connectivity index (χ1) is 9.44. The van der Waals surface area contributed by atoms with Crippen LogP contribution in [0, 0.1) is 13.8 Å². The number of hydrogen-bond donors (Lipinski definition) is 1. The van der Waals surface area contributed by atoms with Crippen LogP contribution >= 0.6 is 0 Å². The van der Waals surface area contributed by atoms with Crippen molar-refractivity contribution in [1.29, 1.82) is 0 Å². The Bertz CT molecular complexity index is 672. The van der Waals surface area contributed by atoms with Crippen molar-refractivity contribution in [2.75, 3.05) is 12.3 Å². The SMILES string of the molecule is CCS(=O)(=O)NCCn1nc(C)c(-c2ccco2)c1C. The van der Waals surface area contributed by atoms with Gasteiger partial charge in [-0.1, -0.05) is 0 Å². The molecule has 0 bridgehead atoms. The van der Waals surface area contributed by atoms with Crippen LogP contribution in [0.2, 0.25) is 0 Å². The second-order valence-electron chi connectivity index (χ2n) is 4.54. The van der Waals surface area contributed by atoms with Crippen molar-refractivity contribution in [3.05, 3.63) is 29.8 Å². The maximum absolute atomic E-state index is 11.4. The fourth-order valence-electron chi connectivity index (χ4n) is 2.10. The molecule has 20 heavy (non-hydrogen) atoms. The Labute approximate surface area is 118 Å². The molecule has 0 saturated heterocycles. The van der Waals surface area contributed by atoms with Gasteiger partial charge in [0.2, 0.25) is 10.0 Å². The number of nitrogens with zero attached hydrogens (tertiary/aromatic N) is 2. The second-order valence-corrected chi connectivity index (χ2v) is 6.64. The molecular weight excluding hydrogens is 278 g/mol. The molecule has 0 radical (unpaired) electrons. The normalized spacial score (nSPS) is 11.9. The summed E-state index contributed by atoms with van der Waals surface area (Å²) in [5.74, 6) is 0.863. The zero-order valence-electron chi connectivity index (χ0n) is 11.9. The van der Waals surface area contributed by atoms with Crippen molar-refractivity contribution in [1.82, 2.24) is 14.5 Å². The lowest BCUT2D eigenvalue weighted by Gasteiger charge is -2.06. The molecule has 0 amide bonds. The van der Waals surface area contributed by atoms with Crippen molar-refractivity contribution in [2.24, 2.45) is 0 Å². The largest absolute Gasteiger partial charge is 0.464 e. The van der Waals surface area contributed by atoms with E-state index in [-0.39, 0.29) is 5.75 Å². The number of aromatic nitrogens is 2. The molecule has 0 aromatic carbocycles. The van der Waals surface area contributed by atoms with Gasteiger partial charge in [-0.3, -0.25) is 4.68 Å². The van der Waals surface area contributed by atoms with Crippen LogP contribution in [0.4, 0.5) is 0 Å². The molecule has 0 aliphatic carbocycles. The summed E-state index contributed by atoms with van der Waals surface area (Å²) >= 11 is 0. The van der Waals surface area contributed by atoms with E-state index in [1.165, 1.54) is 0 Å². The van der Waals surface area contributed by atoms with Gasteiger partial charge in [0.25, 0.3) is 0 Å². The average molecular weight is 297 g/mol. The summed E-state index contributed by atoms with van der Waals surface area (Å²) < 4.78 is 32.5. The van der Waals surface area contributed by atoms with E-state index in [1.54, 1.807) is 17.9 Å². The fraction of sp³-hybridized carbons (Fsp3) is 0.462. The van der Waals surface area contributed by atoms with E-state index in [4.69, 9.17) is 4.42 Å². The van der Waals surface area contributed by atoms with Gasteiger partial charge in [0.1, 0.15) is 5.76 Å². The summed E-state index contributed by atoms with van der Waals surface area (Å²) in [6.45, 7) is 6.30. The third kappa shape index (κ3) is 3.10. The fourth-order valence-corrected chi connectivity index (χ4v) is 2.71. The van der Waals surface area contributed by atoms with E-state index >= 15 is 0 Å². The summed E-state index contributed by atoms with van der Waals surface area (Å²) in [4.78, 5) is 0. The summed E-state index contributed by atoms with van der Waals surface area (Å²) in [5, 5.41) is 4.43. The Balaban J connectivity index is 2.13. The highest BCUT2D eigenvalue weighted by atomic mass is 32.2. The van der Waals surface area contributed by atoms with Crippen molar-refractivity contribution in [3.63, 3.8) is 0 Å². The number of aryl methyl sites for hydroxylation is 1. The molecule has 2 aromatic rings. The summed E-state index contributed by atoms with van der Waals surface area (Å²) in [5.41, 5.74) is 2.80. The van der Waals surface area contributed by atoms with Crippen molar-refractivity contribution in [2.45, 2.75) is 27.3 Å². The average Bonchev–Trinajstić information content (AvgIpc) is 2.99. The van der Waals surface area contributed by atoms with Crippen LogP contribution in [-0.2, 0) is 16.6 Å². The smallest absolute Gasteiger partial charge is 0.211 e. The molecule has 0 unspecified atom stereocenters. The number of furan rings is 1. The quantitative estimate of drug-likeness (QED) is 0.880. The Hall–Kier alpha value is -1.60. The van der Waals surface area contributed by atoms with Gasteiger partial charge in [0, 0.05) is 12.2 Å². The molecule has 110 valence electrons. The van der Waals surface area contributed by atoms with Crippen molar-refractivity contribution < 1.29 is 12.8 Å². The third-order valence-corrected chi connectivity index (χ3v) is 4.58. The van der Waals surface area contributed by atoms with Gasteiger partial charge in [0.15, 0.2) is 0 Å². The minimum absolute atomic E-state index is 0.0851. The first-order valence-corrected chi connectivity index (χ1v) is 8.15. The van der Waals surface area contributed by atoms with Gasteiger partial charge >= 0.3 is 0 Å². The topological polar surface area (TPSA) is 77.1 Å². The van der Waals surface area contributed by atoms with Crippen LogP contribution in [0.25, 0.3) is 11.3 Å². The Morgan fingerprint density at radius 2 is 2.15 bits per heavy atom. The summed E-state index contributed by atoms with van der Waals surface area (Å²) in [6.07, 6.45) is 1.63. The molecule has 2 aromatic heterocycles. The molecule has 1 N–H and O–H groups in total. The lowest BCUT2D eigenvalue weighted by Crippen LogP contribution is -2.29. The zero-order chi connectivity index (χ0) is 14.8. The highest BCUT2D eigenvalue weighted by Crippen LogP contribution is 2.26. The Kier molecular flexibility index (Phi) is 4.29. The van der Waals surface area contributed by atoms with E-state index in [2.05, 4.69) is 9.82 Å². The lowest BCUT2D eigenvalue weighted by atomic mass is 10.1. The molecule has 6 nitrogen and oxygen atoms in total. The van der Waals surface area contributed by atoms with E-state index in [9.17, 15) is 8.42 Å². The predicted octanol–water partition coefficient (Wildman–Crippen LogP) is 1.70. The van der Waals surface area contributed by atoms with Gasteiger partial charge in [-0.05, 0) is 32.9 Å². The molecule has 0 saturated carbocycles. The molecule has 0 atom stereocenters. The first kappa shape index (κ1) is 14.8. The standard InChI is InChI=1S/C13H19N3O3S/c1-4-20(17,18)14-7-8-16-11(3)13(10(2)15-16)12-6-5-9-19-12/h5-6,9,14H,4,7-8H2,1-3H3. The Morgan fingerprint density at radius 3 is 2.75 bits per heavy atom. The molecule has 0 spiro atoms. The molecular formula is C13H19N3O3S. The van der Waals surface area contributed by atoms with Gasteiger partial charge in [-0.25, -0.2) is 13.1 Å². The van der Waals surface area contributed by atoms with Crippen LogP contribution in [0.1, 0.15) is 18.3 Å². The monoisotopic (exact) mass is 297 g/mol. The lowest BCUT2D eigenvalue weighted by molar-refractivity contribution is 0.554. The van der Waals surface area contributed by atoms with E-state index in [0.717, 1.165) is 22.7 Å². The maximum Gasteiger partial charge on any atom is 0.211 e.